The predicted octanol–water partition coefficient (Wildman–Crippen LogP) is 3.77. The van der Waals surface area contributed by atoms with Gasteiger partial charge in [-0.25, -0.2) is 0 Å². The summed E-state index contributed by atoms with van der Waals surface area (Å²) in [5.74, 6) is 1.56. The largest absolute Gasteiger partial charge is 0.381 e. The first kappa shape index (κ1) is 17.2. The minimum Gasteiger partial charge on any atom is -0.381 e. The first-order valence-electron chi connectivity index (χ1n) is 9.20. The molecule has 0 radical (unpaired) electrons. The minimum absolute atomic E-state index is 0.0992. The van der Waals surface area contributed by atoms with Gasteiger partial charge in [0.2, 0.25) is 0 Å². The second kappa shape index (κ2) is 9.12. The molecule has 0 aromatic rings. The van der Waals surface area contributed by atoms with E-state index in [0.29, 0.717) is 5.92 Å². The summed E-state index contributed by atoms with van der Waals surface area (Å²) in [6, 6.07) is 0. The summed E-state index contributed by atoms with van der Waals surface area (Å²) in [4.78, 5) is 0. The van der Waals surface area contributed by atoms with Crippen molar-refractivity contribution in [1.82, 2.24) is 5.32 Å². The zero-order valence-electron chi connectivity index (χ0n) is 14.2. The lowest BCUT2D eigenvalue weighted by Gasteiger charge is -2.41. The van der Waals surface area contributed by atoms with Gasteiger partial charge in [0.1, 0.15) is 0 Å². The van der Waals surface area contributed by atoms with Crippen LogP contribution in [0.3, 0.4) is 0 Å². The number of hydrogen-bond donors (Lipinski definition) is 1. The van der Waals surface area contributed by atoms with Crippen molar-refractivity contribution >= 4 is 0 Å². The predicted molar refractivity (Wildman–Crippen MR) is 87.6 cm³/mol. The van der Waals surface area contributed by atoms with Crippen molar-refractivity contribution in [2.45, 2.75) is 70.8 Å². The van der Waals surface area contributed by atoms with Gasteiger partial charge >= 0.3 is 0 Å². The van der Waals surface area contributed by atoms with Gasteiger partial charge in [0.15, 0.2) is 0 Å². The lowest BCUT2D eigenvalue weighted by atomic mass is 9.77. The number of ether oxygens (including phenoxy) is 2. The highest BCUT2D eigenvalue weighted by Crippen LogP contribution is 2.37. The first-order chi connectivity index (χ1) is 10.3. The van der Waals surface area contributed by atoms with E-state index in [1.807, 2.05) is 0 Å². The molecule has 1 aliphatic carbocycles. The van der Waals surface area contributed by atoms with Crippen LogP contribution < -0.4 is 5.32 Å². The molecule has 0 bridgehead atoms. The molecule has 2 fully saturated rings. The maximum Gasteiger partial charge on any atom is 0.0806 e. The molecular formula is C18H35NO2. The number of rotatable bonds is 9. The molecule has 21 heavy (non-hydrogen) atoms. The highest BCUT2D eigenvalue weighted by atomic mass is 16.5. The van der Waals surface area contributed by atoms with Gasteiger partial charge in [0.25, 0.3) is 0 Å². The third-order valence-electron chi connectivity index (χ3n) is 5.24. The van der Waals surface area contributed by atoms with Crippen LogP contribution in [-0.4, -0.2) is 38.5 Å². The number of hydrogen-bond acceptors (Lipinski definition) is 3. The van der Waals surface area contributed by atoms with Gasteiger partial charge in [-0.15, -0.1) is 0 Å². The Balaban J connectivity index is 1.81. The van der Waals surface area contributed by atoms with E-state index in [-0.39, 0.29) is 5.60 Å². The first-order valence-corrected chi connectivity index (χ1v) is 9.20. The van der Waals surface area contributed by atoms with Gasteiger partial charge in [0, 0.05) is 19.1 Å². The molecule has 0 aromatic carbocycles. The Morgan fingerprint density at radius 1 is 1.10 bits per heavy atom. The topological polar surface area (TPSA) is 30.5 Å². The second-order valence-electron chi connectivity index (χ2n) is 7.13. The highest BCUT2D eigenvalue weighted by Gasteiger charge is 2.36. The molecule has 1 saturated heterocycles. The Morgan fingerprint density at radius 3 is 2.52 bits per heavy atom. The normalized spacial score (nSPS) is 33.4. The monoisotopic (exact) mass is 297 g/mol. The van der Waals surface area contributed by atoms with Crippen LogP contribution in [0.5, 0.6) is 0 Å². The van der Waals surface area contributed by atoms with Gasteiger partial charge < -0.3 is 14.8 Å². The van der Waals surface area contributed by atoms with Crippen LogP contribution in [-0.2, 0) is 9.47 Å². The molecule has 2 rings (SSSR count). The third kappa shape index (κ3) is 5.54. The van der Waals surface area contributed by atoms with E-state index in [9.17, 15) is 0 Å². The molecule has 2 aliphatic rings. The van der Waals surface area contributed by atoms with Gasteiger partial charge in [-0.1, -0.05) is 26.7 Å². The van der Waals surface area contributed by atoms with Crippen molar-refractivity contribution in [3.8, 4) is 0 Å². The second-order valence-corrected chi connectivity index (χ2v) is 7.13. The molecule has 0 amide bonds. The van der Waals surface area contributed by atoms with Crippen LogP contribution in [0.1, 0.15) is 65.2 Å². The Morgan fingerprint density at radius 2 is 1.90 bits per heavy atom. The van der Waals surface area contributed by atoms with Crippen LogP contribution in [0.4, 0.5) is 0 Å². The molecule has 1 atom stereocenters. The van der Waals surface area contributed by atoms with Crippen molar-refractivity contribution < 1.29 is 9.47 Å². The summed E-state index contributed by atoms with van der Waals surface area (Å²) >= 11 is 0. The molecule has 3 nitrogen and oxygen atoms in total. The molecular weight excluding hydrogens is 262 g/mol. The van der Waals surface area contributed by atoms with Gasteiger partial charge in [-0.05, 0) is 51.0 Å². The highest BCUT2D eigenvalue weighted by molar-refractivity contribution is 4.89. The Kier molecular flexibility index (Phi) is 7.48. The van der Waals surface area contributed by atoms with Crippen molar-refractivity contribution in [2.75, 3.05) is 32.9 Å². The van der Waals surface area contributed by atoms with Crippen molar-refractivity contribution in [1.29, 1.82) is 0 Å². The average molecular weight is 297 g/mol. The fraction of sp³-hybridized carbons (Fsp3) is 1.00. The molecule has 3 heteroatoms. The summed E-state index contributed by atoms with van der Waals surface area (Å²) < 4.78 is 12.0. The SMILES string of the molecule is CCCNCC1(OCC2CCOC2)CCC(CCC)CC1. The zero-order chi connectivity index (χ0) is 15.0. The quantitative estimate of drug-likeness (QED) is 0.657. The Bertz CT molecular complexity index is 268. The van der Waals surface area contributed by atoms with Gasteiger partial charge in [-0.3, -0.25) is 0 Å². The summed E-state index contributed by atoms with van der Waals surface area (Å²) in [5.41, 5.74) is 0.0992. The van der Waals surface area contributed by atoms with Crippen LogP contribution in [0.25, 0.3) is 0 Å². The van der Waals surface area contributed by atoms with Crippen LogP contribution in [0, 0.1) is 11.8 Å². The molecule has 1 heterocycles. The molecule has 124 valence electrons. The van der Waals surface area contributed by atoms with Crippen LogP contribution in [0.2, 0.25) is 0 Å². The maximum atomic E-state index is 6.49. The molecule has 1 N–H and O–H groups in total. The van der Waals surface area contributed by atoms with Gasteiger partial charge in [-0.2, -0.15) is 0 Å². The fourth-order valence-corrected chi connectivity index (χ4v) is 3.78. The van der Waals surface area contributed by atoms with E-state index in [4.69, 9.17) is 9.47 Å². The van der Waals surface area contributed by atoms with E-state index in [2.05, 4.69) is 19.2 Å². The Labute approximate surface area is 131 Å². The van der Waals surface area contributed by atoms with E-state index in [1.165, 1.54) is 51.4 Å². The fourth-order valence-electron chi connectivity index (χ4n) is 3.78. The summed E-state index contributed by atoms with van der Waals surface area (Å²) in [7, 11) is 0. The van der Waals surface area contributed by atoms with Crippen LogP contribution in [0.15, 0.2) is 0 Å². The molecule has 0 aromatic heterocycles. The van der Waals surface area contributed by atoms with E-state index in [1.54, 1.807) is 0 Å². The number of nitrogens with one attached hydrogen (secondary N) is 1. The average Bonchev–Trinajstić information content (AvgIpc) is 3.02. The molecule has 1 aliphatic heterocycles. The van der Waals surface area contributed by atoms with Crippen molar-refractivity contribution in [3.05, 3.63) is 0 Å². The summed E-state index contributed by atoms with van der Waals surface area (Å²) in [6.45, 7) is 9.40. The molecule has 1 saturated carbocycles. The minimum atomic E-state index is 0.0992. The maximum absolute atomic E-state index is 6.49. The summed E-state index contributed by atoms with van der Waals surface area (Å²) in [5, 5.41) is 3.61. The van der Waals surface area contributed by atoms with Crippen molar-refractivity contribution in [3.63, 3.8) is 0 Å². The van der Waals surface area contributed by atoms with Crippen LogP contribution >= 0.6 is 0 Å². The van der Waals surface area contributed by atoms with E-state index in [0.717, 1.165) is 38.8 Å². The van der Waals surface area contributed by atoms with E-state index < -0.39 is 0 Å². The summed E-state index contributed by atoms with van der Waals surface area (Å²) in [6.07, 6.45) is 10.3. The smallest absolute Gasteiger partial charge is 0.0806 e. The lowest BCUT2D eigenvalue weighted by molar-refractivity contribution is -0.0892. The van der Waals surface area contributed by atoms with E-state index >= 15 is 0 Å². The molecule has 1 unspecified atom stereocenters. The van der Waals surface area contributed by atoms with Gasteiger partial charge in [0.05, 0.1) is 18.8 Å². The zero-order valence-corrected chi connectivity index (χ0v) is 14.2. The Hall–Kier alpha value is -0.120. The standard InChI is InChI=1S/C18H35NO2/c1-3-5-16-6-9-18(10-7-16,15-19-11-4-2)21-14-17-8-12-20-13-17/h16-17,19H,3-15H2,1-2H3. The van der Waals surface area contributed by atoms with Crippen molar-refractivity contribution in [2.24, 2.45) is 11.8 Å². The lowest BCUT2D eigenvalue weighted by Crippen LogP contribution is -2.47. The third-order valence-corrected chi connectivity index (χ3v) is 5.24. The molecule has 0 spiro atoms.